The van der Waals surface area contributed by atoms with Crippen LogP contribution in [-0.4, -0.2) is 73.5 Å². The Kier molecular flexibility index (Phi) is 5.02. The molecule has 0 aromatic heterocycles. The molecule has 126 valence electrons. The second-order valence-electron chi connectivity index (χ2n) is 7.42. The molecule has 0 unspecified atom stereocenters. The third-order valence-electron chi connectivity index (χ3n) is 5.46. The Morgan fingerprint density at radius 2 is 1.78 bits per heavy atom. The molecular formula is C19H29N3O. The number of hydrogen-bond acceptors (Lipinski definition) is 3. The maximum atomic E-state index is 12.6. The second kappa shape index (κ2) is 7.02. The highest BCUT2D eigenvalue weighted by Crippen LogP contribution is 2.33. The first kappa shape index (κ1) is 16.5. The number of likely N-dealkylation sites (tertiary alicyclic amines) is 1. The van der Waals surface area contributed by atoms with E-state index in [-0.39, 0.29) is 5.41 Å². The third-order valence-corrected chi connectivity index (χ3v) is 5.46. The number of likely N-dealkylation sites (N-methyl/N-ethyl adjacent to an activating group) is 1. The van der Waals surface area contributed by atoms with Gasteiger partial charge in [-0.3, -0.25) is 9.69 Å². The molecule has 1 atom stereocenters. The fraction of sp³-hybridized carbons (Fsp3) is 0.632. The zero-order valence-corrected chi connectivity index (χ0v) is 14.5. The van der Waals surface area contributed by atoms with Crippen molar-refractivity contribution in [2.45, 2.75) is 25.2 Å². The summed E-state index contributed by atoms with van der Waals surface area (Å²) in [7, 11) is 2.12. The van der Waals surface area contributed by atoms with E-state index in [1.54, 1.807) is 0 Å². The molecule has 2 fully saturated rings. The van der Waals surface area contributed by atoms with Gasteiger partial charge in [-0.1, -0.05) is 37.3 Å². The quantitative estimate of drug-likeness (QED) is 0.851. The van der Waals surface area contributed by atoms with Crippen molar-refractivity contribution in [1.29, 1.82) is 0 Å². The van der Waals surface area contributed by atoms with Gasteiger partial charge in [-0.15, -0.1) is 0 Å². The lowest BCUT2D eigenvalue weighted by Crippen LogP contribution is -2.52. The zero-order chi connectivity index (χ0) is 16.3. The molecule has 0 radical (unpaired) electrons. The number of piperidine rings is 1. The smallest absolute Gasteiger partial charge is 0.236 e. The van der Waals surface area contributed by atoms with Crippen LogP contribution in [0.5, 0.6) is 0 Å². The van der Waals surface area contributed by atoms with Gasteiger partial charge >= 0.3 is 0 Å². The van der Waals surface area contributed by atoms with Crippen LogP contribution < -0.4 is 0 Å². The molecular weight excluding hydrogens is 286 g/mol. The number of hydrogen-bond donors (Lipinski definition) is 0. The summed E-state index contributed by atoms with van der Waals surface area (Å²) in [6.45, 7) is 8.68. The van der Waals surface area contributed by atoms with E-state index in [0.29, 0.717) is 12.5 Å². The predicted octanol–water partition coefficient (Wildman–Crippen LogP) is 1.81. The Hall–Kier alpha value is -1.39. The average Bonchev–Trinajstić information content (AvgIpc) is 2.56. The number of piperazine rings is 1. The summed E-state index contributed by atoms with van der Waals surface area (Å²) < 4.78 is 0. The molecule has 2 heterocycles. The summed E-state index contributed by atoms with van der Waals surface area (Å²) in [4.78, 5) is 19.3. The number of nitrogens with zero attached hydrogens (tertiary/aromatic N) is 3. The van der Waals surface area contributed by atoms with E-state index in [0.717, 1.165) is 39.3 Å². The van der Waals surface area contributed by atoms with Crippen molar-refractivity contribution in [3.05, 3.63) is 35.9 Å². The molecule has 0 aliphatic carbocycles. The van der Waals surface area contributed by atoms with Crippen LogP contribution in [0.3, 0.4) is 0 Å². The predicted molar refractivity (Wildman–Crippen MR) is 93.5 cm³/mol. The molecule has 2 aliphatic heterocycles. The van der Waals surface area contributed by atoms with Gasteiger partial charge < -0.3 is 9.80 Å². The third kappa shape index (κ3) is 3.93. The molecule has 2 saturated heterocycles. The van der Waals surface area contributed by atoms with Crippen LogP contribution >= 0.6 is 0 Å². The topological polar surface area (TPSA) is 26.8 Å². The van der Waals surface area contributed by atoms with Crippen molar-refractivity contribution in [2.75, 3.05) is 52.9 Å². The van der Waals surface area contributed by atoms with E-state index < -0.39 is 0 Å². The summed E-state index contributed by atoms with van der Waals surface area (Å²) in [5, 5.41) is 0. The molecule has 1 amide bonds. The second-order valence-corrected chi connectivity index (χ2v) is 7.42. The maximum Gasteiger partial charge on any atom is 0.236 e. The molecule has 2 aliphatic rings. The highest BCUT2D eigenvalue weighted by atomic mass is 16.2. The Morgan fingerprint density at radius 1 is 1.09 bits per heavy atom. The minimum Gasteiger partial charge on any atom is -0.339 e. The van der Waals surface area contributed by atoms with Gasteiger partial charge in [0.2, 0.25) is 5.91 Å². The monoisotopic (exact) mass is 315 g/mol. The van der Waals surface area contributed by atoms with E-state index in [4.69, 9.17) is 0 Å². The van der Waals surface area contributed by atoms with Gasteiger partial charge in [-0.05, 0) is 32.0 Å². The molecule has 4 nitrogen and oxygen atoms in total. The first-order valence-electron chi connectivity index (χ1n) is 8.81. The molecule has 0 saturated carbocycles. The van der Waals surface area contributed by atoms with Crippen molar-refractivity contribution >= 4 is 5.91 Å². The summed E-state index contributed by atoms with van der Waals surface area (Å²) in [5.74, 6) is 0.301. The highest BCUT2D eigenvalue weighted by Gasteiger charge is 2.33. The summed E-state index contributed by atoms with van der Waals surface area (Å²) >= 11 is 0. The molecule has 23 heavy (non-hydrogen) atoms. The molecule has 4 heteroatoms. The van der Waals surface area contributed by atoms with Gasteiger partial charge in [-0.2, -0.15) is 0 Å². The van der Waals surface area contributed by atoms with Gasteiger partial charge in [0, 0.05) is 38.1 Å². The highest BCUT2D eigenvalue weighted by molar-refractivity contribution is 5.78. The van der Waals surface area contributed by atoms with Crippen LogP contribution in [0, 0.1) is 0 Å². The summed E-state index contributed by atoms with van der Waals surface area (Å²) in [5.41, 5.74) is 1.57. The number of carbonyl (C=O) groups excluding carboxylic acids is 1. The lowest BCUT2D eigenvalue weighted by Gasteiger charge is -2.41. The molecule has 1 aromatic carbocycles. The number of carbonyl (C=O) groups is 1. The average molecular weight is 315 g/mol. The van der Waals surface area contributed by atoms with Crippen LogP contribution in [0.15, 0.2) is 30.3 Å². The molecule has 1 aromatic rings. The van der Waals surface area contributed by atoms with Crippen molar-refractivity contribution in [1.82, 2.24) is 14.7 Å². The molecule has 0 N–H and O–H groups in total. The van der Waals surface area contributed by atoms with E-state index in [2.05, 4.69) is 54.1 Å². The normalized spacial score (nSPS) is 27.1. The molecule has 0 spiro atoms. The SMILES string of the molecule is CN1CCN(C(=O)CN2CCC[C@](C)(c3ccccc3)C2)CC1. The van der Waals surface area contributed by atoms with Crippen LogP contribution in [-0.2, 0) is 10.2 Å². The van der Waals surface area contributed by atoms with E-state index in [9.17, 15) is 4.79 Å². The maximum absolute atomic E-state index is 12.6. The van der Waals surface area contributed by atoms with E-state index >= 15 is 0 Å². The van der Waals surface area contributed by atoms with Crippen LogP contribution in [0.1, 0.15) is 25.3 Å². The first-order valence-corrected chi connectivity index (χ1v) is 8.81. The van der Waals surface area contributed by atoms with Crippen molar-refractivity contribution in [3.8, 4) is 0 Å². The zero-order valence-electron chi connectivity index (χ0n) is 14.5. The largest absolute Gasteiger partial charge is 0.339 e. The van der Waals surface area contributed by atoms with Crippen molar-refractivity contribution < 1.29 is 4.79 Å². The number of benzene rings is 1. The van der Waals surface area contributed by atoms with Gasteiger partial charge in [0.25, 0.3) is 0 Å². The minimum absolute atomic E-state index is 0.169. The minimum atomic E-state index is 0.169. The molecule has 3 rings (SSSR count). The van der Waals surface area contributed by atoms with Gasteiger partial charge in [0.05, 0.1) is 6.54 Å². The van der Waals surface area contributed by atoms with Crippen LogP contribution in [0.4, 0.5) is 0 Å². The van der Waals surface area contributed by atoms with Crippen molar-refractivity contribution in [3.63, 3.8) is 0 Å². The van der Waals surface area contributed by atoms with Crippen LogP contribution in [0.2, 0.25) is 0 Å². The Bertz CT molecular complexity index is 525. The van der Waals surface area contributed by atoms with Crippen LogP contribution in [0.25, 0.3) is 0 Å². The first-order chi connectivity index (χ1) is 11.1. The fourth-order valence-electron chi connectivity index (χ4n) is 3.90. The fourth-order valence-corrected chi connectivity index (χ4v) is 3.90. The van der Waals surface area contributed by atoms with E-state index in [1.807, 2.05) is 4.90 Å². The summed E-state index contributed by atoms with van der Waals surface area (Å²) in [6.07, 6.45) is 2.37. The molecule has 0 bridgehead atoms. The number of rotatable bonds is 3. The van der Waals surface area contributed by atoms with Gasteiger partial charge in [0.15, 0.2) is 0 Å². The lowest BCUT2D eigenvalue weighted by atomic mass is 9.76. The lowest BCUT2D eigenvalue weighted by molar-refractivity contribution is -0.134. The summed E-state index contributed by atoms with van der Waals surface area (Å²) in [6, 6.07) is 10.8. The van der Waals surface area contributed by atoms with Crippen molar-refractivity contribution in [2.24, 2.45) is 0 Å². The standard InChI is InChI=1S/C19H29N3O/c1-19(17-7-4-3-5-8-17)9-6-10-21(16-19)15-18(23)22-13-11-20(2)12-14-22/h3-5,7-8H,6,9-16H2,1-2H3/t19-/m0/s1. The van der Waals surface area contributed by atoms with Gasteiger partial charge in [0.1, 0.15) is 0 Å². The van der Waals surface area contributed by atoms with Gasteiger partial charge in [-0.25, -0.2) is 0 Å². The Labute approximate surface area is 140 Å². The van der Waals surface area contributed by atoms with E-state index in [1.165, 1.54) is 18.4 Å². The number of amides is 1. The Balaban J connectivity index is 1.59. The Morgan fingerprint density at radius 3 is 2.48 bits per heavy atom.